The molecule has 0 fully saturated rings. The fourth-order valence-electron chi connectivity index (χ4n) is 1.57. The predicted octanol–water partition coefficient (Wildman–Crippen LogP) is 3.16. The average molecular weight is 258 g/mol. The molecule has 0 heterocycles. The molecule has 0 aliphatic carbocycles. The monoisotopic (exact) mass is 258 g/mol. The molecule has 2 aromatic rings. The van der Waals surface area contributed by atoms with Gasteiger partial charge < -0.3 is 14.2 Å². The third kappa shape index (κ3) is 5.44. The molecule has 0 aromatic heterocycles. The van der Waals surface area contributed by atoms with Gasteiger partial charge in [-0.2, -0.15) is 0 Å². The quantitative estimate of drug-likeness (QED) is 0.681. The molecular formula is C16H18O3. The van der Waals surface area contributed by atoms with Gasteiger partial charge in [0.1, 0.15) is 24.7 Å². The highest BCUT2D eigenvalue weighted by molar-refractivity contribution is 5.21. The molecule has 0 unspecified atom stereocenters. The fourth-order valence-corrected chi connectivity index (χ4v) is 1.57. The van der Waals surface area contributed by atoms with E-state index in [1.54, 1.807) is 0 Å². The molecule has 100 valence electrons. The van der Waals surface area contributed by atoms with Gasteiger partial charge in [-0.05, 0) is 24.3 Å². The molecule has 0 saturated heterocycles. The van der Waals surface area contributed by atoms with Crippen LogP contribution >= 0.6 is 0 Å². The van der Waals surface area contributed by atoms with Gasteiger partial charge in [0.2, 0.25) is 0 Å². The lowest BCUT2D eigenvalue weighted by molar-refractivity contribution is 0.0764. The van der Waals surface area contributed by atoms with E-state index in [4.69, 9.17) is 14.2 Å². The summed E-state index contributed by atoms with van der Waals surface area (Å²) in [7, 11) is 0. The van der Waals surface area contributed by atoms with E-state index in [0.717, 1.165) is 11.5 Å². The van der Waals surface area contributed by atoms with Crippen molar-refractivity contribution in [3.63, 3.8) is 0 Å². The summed E-state index contributed by atoms with van der Waals surface area (Å²) in [6.07, 6.45) is 0. The van der Waals surface area contributed by atoms with Gasteiger partial charge >= 0.3 is 0 Å². The van der Waals surface area contributed by atoms with Gasteiger partial charge in [-0.3, -0.25) is 0 Å². The Morgan fingerprint density at radius 3 is 1.37 bits per heavy atom. The van der Waals surface area contributed by atoms with Crippen LogP contribution in [0.4, 0.5) is 0 Å². The van der Waals surface area contributed by atoms with Gasteiger partial charge in [-0.15, -0.1) is 0 Å². The van der Waals surface area contributed by atoms with Crippen LogP contribution in [0.3, 0.4) is 0 Å². The smallest absolute Gasteiger partial charge is 0.119 e. The van der Waals surface area contributed by atoms with E-state index in [2.05, 4.69) is 0 Å². The van der Waals surface area contributed by atoms with E-state index in [0.29, 0.717) is 26.4 Å². The van der Waals surface area contributed by atoms with Crippen molar-refractivity contribution in [2.24, 2.45) is 0 Å². The standard InChI is InChI=1S/C16H18O3/c1-3-7-15(8-4-1)18-13-11-17-12-14-19-16-9-5-2-6-10-16/h1-10H,11-14H2. The minimum atomic E-state index is 0.551. The van der Waals surface area contributed by atoms with Crippen LogP contribution in [0.25, 0.3) is 0 Å². The van der Waals surface area contributed by atoms with Crippen molar-refractivity contribution < 1.29 is 14.2 Å². The summed E-state index contributed by atoms with van der Waals surface area (Å²) in [6.45, 7) is 2.23. The summed E-state index contributed by atoms with van der Waals surface area (Å²) in [6, 6.07) is 19.4. The van der Waals surface area contributed by atoms with Crippen molar-refractivity contribution in [2.75, 3.05) is 26.4 Å². The van der Waals surface area contributed by atoms with E-state index in [-0.39, 0.29) is 0 Å². The molecular weight excluding hydrogens is 240 g/mol. The molecule has 2 rings (SSSR count). The molecule has 0 aliphatic heterocycles. The zero-order valence-electron chi connectivity index (χ0n) is 10.8. The molecule has 0 atom stereocenters. The Labute approximate surface area is 113 Å². The van der Waals surface area contributed by atoms with Gasteiger partial charge in [0.25, 0.3) is 0 Å². The fraction of sp³-hybridized carbons (Fsp3) is 0.250. The van der Waals surface area contributed by atoms with Gasteiger partial charge in [0.05, 0.1) is 13.2 Å². The second kappa shape index (κ2) is 8.16. The van der Waals surface area contributed by atoms with E-state index in [1.807, 2.05) is 60.7 Å². The van der Waals surface area contributed by atoms with Crippen LogP contribution in [0, 0.1) is 0 Å². The normalized spacial score (nSPS) is 10.1. The summed E-state index contributed by atoms with van der Waals surface area (Å²) in [5.74, 6) is 1.73. The minimum Gasteiger partial charge on any atom is -0.491 e. The molecule has 0 bridgehead atoms. The highest BCUT2D eigenvalue weighted by Crippen LogP contribution is 2.08. The average Bonchev–Trinajstić information content (AvgIpc) is 2.48. The predicted molar refractivity (Wildman–Crippen MR) is 74.7 cm³/mol. The van der Waals surface area contributed by atoms with Crippen molar-refractivity contribution in [3.8, 4) is 11.5 Å². The van der Waals surface area contributed by atoms with Crippen LogP contribution in [0.1, 0.15) is 0 Å². The Morgan fingerprint density at radius 2 is 0.947 bits per heavy atom. The van der Waals surface area contributed by atoms with Gasteiger partial charge in [-0.25, -0.2) is 0 Å². The van der Waals surface area contributed by atoms with Crippen molar-refractivity contribution in [1.29, 1.82) is 0 Å². The van der Waals surface area contributed by atoms with Crippen LogP contribution in [-0.4, -0.2) is 26.4 Å². The summed E-state index contributed by atoms with van der Waals surface area (Å²) < 4.78 is 16.4. The van der Waals surface area contributed by atoms with Crippen molar-refractivity contribution in [2.45, 2.75) is 0 Å². The number of para-hydroxylation sites is 2. The molecule has 0 aliphatic rings. The number of rotatable bonds is 8. The van der Waals surface area contributed by atoms with E-state index in [9.17, 15) is 0 Å². The van der Waals surface area contributed by atoms with Crippen LogP contribution in [0.2, 0.25) is 0 Å². The van der Waals surface area contributed by atoms with E-state index >= 15 is 0 Å². The van der Waals surface area contributed by atoms with E-state index in [1.165, 1.54) is 0 Å². The number of benzene rings is 2. The molecule has 19 heavy (non-hydrogen) atoms. The molecule has 0 spiro atoms. The van der Waals surface area contributed by atoms with Gasteiger partial charge in [0, 0.05) is 0 Å². The summed E-state index contributed by atoms with van der Waals surface area (Å²) in [5, 5.41) is 0. The second-order valence-corrected chi connectivity index (χ2v) is 3.94. The topological polar surface area (TPSA) is 27.7 Å². The first-order valence-electron chi connectivity index (χ1n) is 6.38. The molecule has 0 amide bonds. The molecule has 2 aromatic carbocycles. The first-order chi connectivity index (χ1) is 9.45. The lowest BCUT2D eigenvalue weighted by Gasteiger charge is -2.08. The van der Waals surface area contributed by atoms with Crippen molar-refractivity contribution in [1.82, 2.24) is 0 Å². The van der Waals surface area contributed by atoms with Gasteiger partial charge in [0.15, 0.2) is 0 Å². The van der Waals surface area contributed by atoms with Crippen molar-refractivity contribution >= 4 is 0 Å². The minimum absolute atomic E-state index is 0.551. The SMILES string of the molecule is c1ccc(OCCOCCOc2ccccc2)cc1. The third-order valence-corrected chi connectivity index (χ3v) is 2.48. The Morgan fingerprint density at radius 1 is 0.526 bits per heavy atom. The Kier molecular flexibility index (Phi) is 5.77. The van der Waals surface area contributed by atoms with Crippen LogP contribution in [0.15, 0.2) is 60.7 Å². The Bertz CT molecular complexity index is 399. The number of ether oxygens (including phenoxy) is 3. The van der Waals surface area contributed by atoms with Crippen LogP contribution in [-0.2, 0) is 4.74 Å². The van der Waals surface area contributed by atoms with Crippen LogP contribution in [0.5, 0.6) is 11.5 Å². The maximum absolute atomic E-state index is 5.51. The summed E-state index contributed by atoms with van der Waals surface area (Å²) in [4.78, 5) is 0. The summed E-state index contributed by atoms with van der Waals surface area (Å²) in [5.41, 5.74) is 0. The highest BCUT2D eigenvalue weighted by Gasteiger charge is 1.94. The molecule has 0 N–H and O–H groups in total. The third-order valence-electron chi connectivity index (χ3n) is 2.48. The maximum atomic E-state index is 5.51. The molecule has 0 saturated carbocycles. The molecule has 3 nitrogen and oxygen atoms in total. The largest absolute Gasteiger partial charge is 0.491 e. The summed E-state index contributed by atoms with van der Waals surface area (Å²) >= 11 is 0. The number of hydrogen-bond acceptors (Lipinski definition) is 3. The lowest BCUT2D eigenvalue weighted by Crippen LogP contribution is -2.12. The zero-order valence-corrected chi connectivity index (χ0v) is 10.8. The second-order valence-electron chi connectivity index (χ2n) is 3.94. The first kappa shape index (κ1) is 13.4. The van der Waals surface area contributed by atoms with E-state index < -0.39 is 0 Å². The lowest BCUT2D eigenvalue weighted by atomic mass is 10.3. The molecule has 3 heteroatoms. The highest BCUT2D eigenvalue weighted by atomic mass is 16.5. The van der Waals surface area contributed by atoms with Crippen molar-refractivity contribution in [3.05, 3.63) is 60.7 Å². The van der Waals surface area contributed by atoms with Crippen LogP contribution < -0.4 is 9.47 Å². The number of hydrogen-bond donors (Lipinski definition) is 0. The maximum Gasteiger partial charge on any atom is 0.119 e. The molecule has 0 radical (unpaired) electrons. The zero-order chi connectivity index (χ0) is 13.2. The Hall–Kier alpha value is -2.00. The Balaban J connectivity index is 1.49. The van der Waals surface area contributed by atoms with Gasteiger partial charge in [-0.1, -0.05) is 36.4 Å². The first-order valence-corrected chi connectivity index (χ1v) is 6.38.